The fourth-order valence-corrected chi connectivity index (χ4v) is 2.50. The maximum atomic E-state index is 4.61. The molecule has 5 nitrogen and oxygen atoms in total. The van der Waals surface area contributed by atoms with Crippen molar-refractivity contribution in [3.05, 3.63) is 30.1 Å². The summed E-state index contributed by atoms with van der Waals surface area (Å²) in [6.07, 6.45) is 1.03. The first-order chi connectivity index (χ1) is 11.0. The molecule has 5 heteroatoms. The quantitative estimate of drug-likeness (QED) is 0.489. The number of para-hydroxylation sites is 2. The van der Waals surface area contributed by atoms with Gasteiger partial charge < -0.3 is 15.2 Å². The SMILES string of the molecule is CN=C(NCCCn1c(C)nc2ccccc21)NC(C)C(C)C. The zero-order chi connectivity index (χ0) is 16.8. The lowest BCUT2D eigenvalue weighted by Crippen LogP contribution is -2.44. The van der Waals surface area contributed by atoms with Crippen LogP contribution in [-0.2, 0) is 6.54 Å². The highest BCUT2D eigenvalue weighted by Gasteiger charge is 2.09. The van der Waals surface area contributed by atoms with Gasteiger partial charge in [-0.25, -0.2) is 4.98 Å². The molecular weight excluding hydrogens is 286 g/mol. The van der Waals surface area contributed by atoms with Gasteiger partial charge in [0.15, 0.2) is 5.96 Å². The van der Waals surface area contributed by atoms with Crippen LogP contribution in [0.2, 0.25) is 0 Å². The third-order valence-electron chi connectivity index (χ3n) is 4.28. The second kappa shape index (κ2) is 7.99. The molecule has 0 radical (unpaired) electrons. The van der Waals surface area contributed by atoms with Crippen LogP contribution >= 0.6 is 0 Å². The van der Waals surface area contributed by atoms with E-state index in [0.29, 0.717) is 12.0 Å². The fourth-order valence-electron chi connectivity index (χ4n) is 2.50. The van der Waals surface area contributed by atoms with Gasteiger partial charge in [0, 0.05) is 26.2 Å². The summed E-state index contributed by atoms with van der Waals surface area (Å²) in [5, 5.41) is 6.81. The number of benzene rings is 1. The molecule has 1 heterocycles. The molecule has 0 saturated carbocycles. The second-order valence-electron chi connectivity index (χ2n) is 6.33. The zero-order valence-corrected chi connectivity index (χ0v) is 14.9. The van der Waals surface area contributed by atoms with Gasteiger partial charge in [0.1, 0.15) is 5.82 Å². The number of imidazole rings is 1. The largest absolute Gasteiger partial charge is 0.356 e. The Morgan fingerprint density at radius 3 is 2.70 bits per heavy atom. The highest BCUT2D eigenvalue weighted by Crippen LogP contribution is 2.15. The Kier molecular flexibility index (Phi) is 6.02. The van der Waals surface area contributed by atoms with Crippen LogP contribution in [0.4, 0.5) is 0 Å². The molecule has 0 aliphatic carbocycles. The third-order valence-corrected chi connectivity index (χ3v) is 4.28. The van der Waals surface area contributed by atoms with E-state index in [0.717, 1.165) is 36.8 Å². The van der Waals surface area contributed by atoms with Gasteiger partial charge in [-0.05, 0) is 38.3 Å². The molecule has 0 amide bonds. The minimum Gasteiger partial charge on any atom is -0.356 e. The molecule has 0 aliphatic rings. The molecule has 1 atom stereocenters. The van der Waals surface area contributed by atoms with Crippen LogP contribution in [0.15, 0.2) is 29.3 Å². The average molecular weight is 315 g/mol. The molecule has 2 rings (SSSR count). The number of aromatic nitrogens is 2. The maximum Gasteiger partial charge on any atom is 0.191 e. The molecule has 0 aliphatic heterocycles. The topological polar surface area (TPSA) is 54.2 Å². The second-order valence-corrected chi connectivity index (χ2v) is 6.33. The van der Waals surface area contributed by atoms with E-state index in [1.807, 2.05) is 13.1 Å². The number of hydrogen-bond acceptors (Lipinski definition) is 2. The summed E-state index contributed by atoms with van der Waals surface area (Å²) >= 11 is 0. The highest BCUT2D eigenvalue weighted by molar-refractivity contribution is 5.80. The van der Waals surface area contributed by atoms with E-state index in [4.69, 9.17) is 0 Å². The van der Waals surface area contributed by atoms with Crippen LogP contribution in [0.1, 0.15) is 33.0 Å². The summed E-state index contributed by atoms with van der Waals surface area (Å²) in [5.74, 6) is 2.52. The predicted octanol–water partition coefficient (Wildman–Crippen LogP) is 2.94. The number of nitrogens with zero attached hydrogens (tertiary/aromatic N) is 3. The van der Waals surface area contributed by atoms with Crippen LogP contribution < -0.4 is 10.6 Å². The predicted molar refractivity (Wildman–Crippen MR) is 97.9 cm³/mol. The van der Waals surface area contributed by atoms with Gasteiger partial charge in [-0.1, -0.05) is 26.0 Å². The minimum atomic E-state index is 0.404. The molecule has 0 fully saturated rings. The van der Waals surface area contributed by atoms with Crippen LogP contribution in [0.5, 0.6) is 0 Å². The van der Waals surface area contributed by atoms with Gasteiger partial charge in [-0.15, -0.1) is 0 Å². The maximum absolute atomic E-state index is 4.61. The highest BCUT2D eigenvalue weighted by atomic mass is 15.2. The third kappa shape index (κ3) is 4.47. The summed E-state index contributed by atoms with van der Waals surface area (Å²) in [7, 11) is 1.82. The molecule has 0 spiro atoms. The van der Waals surface area contributed by atoms with E-state index in [-0.39, 0.29) is 0 Å². The summed E-state index contributed by atoms with van der Waals surface area (Å²) in [6, 6.07) is 8.70. The molecule has 1 aromatic carbocycles. The van der Waals surface area contributed by atoms with Crippen molar-refractivity contribution < 1.29 is 0 Å². The summed E-state index contributed by atoms with van der Waals surface area (Å²) in [5.41, 5.74) is 2.28. The van der Waals surface area contributed by atoms with Crippen molar-refractivity contribution in [2.75, 3.05) is 13.6 Å². The number of fused-ring (bicyclic) bond motifs is 1. The first-order valence-electron chi connectivity index (χ1n) is 8.42. The van der Waals surface area contributed by atoms with Gasteiger partial charge in [-0.2, -0.15) is 0 Å². The van der Waals surface area contributed by atoms with Gasteiger partial charge in [0.25, 0.3) is 0 Å². The molecule has 126 valence electrons. The summed E-state index contributed by atoms with van der Waals surface area (Å²) < 4.78 is 2.28. The number of rotatable bonds is 6. The molecule has 0 bridgehead atoms. The van der Waals surface area contributed by atoms with Gasteiger partial charge in [0.2, 0.25) is 0 Å². The lowest BCUT2D eigenvalue weighted by Gasteiger charge is -2.20. The van der Waals surface area contributed by atoms with Crippen LogP contribution in [0.25, 0.3) is 11.0 Å². The normalized spacial score (nSPS) is 13.6. The van der Waals surface area contributed by atoms with Gasteiger partial charge in [-0.3, -0.25) is 4.99 Å². The fraction of sp³-hybridized carbons (Fsp3) is 0.556. The molecule has 2 N–H and O–H groups in total. The number of guanidine groups is 1. The van der Waals surface area contributed by atoms with E-state index >= 15 is 0 Å². The van der Waals surface area contributed by atoms with Crippen molar-refractivity contribution in [1.82, 2.24) is 20.2 Å². The van der Waals surface area contributed by atoms with Gasteiger partial charge >= 0.3 is 0 Å². The molecule has 1 unspecified atom stereocenters. The van der Waals surface area contributed by atoms with Crippen molar-refractivity contribution in [2.24, 2.45) is 10.9 Å². The van der Waals surface area contributed by atoms with Crippen molar-refractivity contribution in [3.63, 3.8) is 0 Å². The van der Waals surface area contributed by atoms with E-state index in [9.17, 15) is 0 Å². The lowest BCUT2D eigenvalue weighted by atomic mass is 10.1. The lowest BCUT2D eigenvalue weighted by molar-refractivity contribution is 0.480. The molecule has 2 aromatic rings. The Morgan fingerprint density at radius 2 is 2.00 bits per heavy atom. The Morgan fingerprint density at radius 1 is 1.26 bits per heavy atom. The summed E-state index contributed by atoms with van der Waals surface area (Å²) in [4.78, 5) is 8.90. The zero-order valence-electron chi connectivity index (χ0n) is 14.9. The standard InChI is InChI=1S/C18H29N5/c1-13(2)14(3)21-18(19-5)20-11-8-12-23-15(4)22-16-9-6-7-10-17(16)23/h6-7,9-10,13-14H,8,11-12H2,1-5H3,(H2,19,20,21). The smallest absolute Gasteiger partial charge is 0.191 e. The number of hydrogen-bond donors (Lipinski definition) is 2. The van der Waals surface area contributed by atoms with Gasteiger partial charge in [0.05, 0.1) is 11.0 Å². The number of nitrogens with one attached hydrogen (secondary N) is 2. The van der Waals surface area contributed by atoms with E-state index in [2.05, 4.69) is 71.1 Å². The molecule has 0 saturated heterocycles. The monoisotopic (exact) mass is 315 g/mol. The van der Waals surface area contributed by atoms with Crippen molar-refractivity contribution in [1.29, 1.82) is 0 Å². The molecule has 1 aromatic heterocycles. The summed E-state index contributed by atoms with van der Waals surface area (Å²) in [6.45, 7) is 10.5. The number of aliphatic imine (C=N–C) groups is 1. The van der Waals surface area contributed by atoms with E-state index < -0.39 is 0 Å². The number of aryl methyl sites for hydroxylation is 2. The first kappa shape index (κ1) is 17.3. The first-order valence-corrected chi connectivity index (χ1v) is 8.42. The van der Waals surface area contributed by atoms with Crippen molar-refractivity contribution in [3.8, 4) is 0 Å². The Labute approximate surface area is 139 Å². The Balaban J connectivity index is 1.86. The van der Waals surface area contributed by atoms with E-state index in [1.54, 1.807) is 0 Å². The van der Waals surface area contributed by atoms with Crippen LogP contribution in [0.3, 0.4) is 0 Å². The van der Waals surface area contributed by atoms with E-state index in [1.165, 1.54) is 5.52 Å². The molecular formula is C18H29N5. The van der Waals surface area contributed by atoms with Crippen LogP contribution in [-0.4, -0.2) is 35.1 Å². The van der Waals surface area contributed by atoms with Crippen LogP contribution in [0, 0.1) is 12.8 Å². The minimum absolute atomic E-state index is 0.404. The van der Waals surface area contributed by atoms with Crippen molar-refractivity contribution in [2.45, 2.75) is 46.7 Å². The van der Waals surface area contributed by atoms with Crippen molar-refractivity contribution >= 4 is 17.0 Å². The Bertz CT molecular complexity index is 656. The molecule has 23 heavy (non-hydrogen) atoms. The Hall–Kier alpha value is -2.04. The average Bonchev–Trinajstić information content (AvgIpc) is 2.85.